The number of amides is 2. The van der Waals surface area contributed by atoms with Crippen LogP contribution in [0.2, 0.25) is 0 Å². The predicted octanol–water partition coefficient (Wildman–Crippen LogP) is 2.15. The van der Waals surface area contributed by atoms with Gasteiger partial charge >= 0.3 is 0 Å². The Morgan fingerprint density at radius 3 is 2.57 bits per heavy atom. The molecule has 1 aliphatic heterocycles. The van der Waals surface area contributed by atoms with E-state index in [1.165, 1.54) is 17.8 Å². The number of hydrogen-bond donors (Lipinski definition) is 2. The van der Waals surface area contributed by atoms with Crippen LogP contribution >= 0.6 is 11.3 Å². The molecule has 1 aliphatic rings. The second kappa shape index (κ2) is 6.58. The van der Waals surface area contributed by atoms with Crippen molar-refractivity contribution < 1.29 is 9.59 Å². The van der Waals surface area contributed by atoms with Gasteiger partial charge in [-0.15, -0.1) is 11.3 Å². The maximum Gasteiger partial charge on any atom is 0.251 e. The Bertz CT molecular complexity index is 519. The van der Waals surface area contributed by atoms with Crippen molar-refractivity contribution in [1.82, 2.24) is 4.90 Å². The lowest BCUT2D eigenvalue weighted by Crippen LogP contribution is -2.48. The van der Waals surface area contributed by atoms with Crippen molar-refractivity contribution in [2.24, 2.45) is 17.6 Å². The molecule has 0 saturated carbocycles. The first-order chi connectivity index (χ1) is 9.88. The lowest BCUT2D eigenvalue weighted by Gasteiger charge is -2.38. The molecule has 1 saturated heterocycles. The van der Waals surface area contributed by atoms with Crippen molar-refractivity contribution in [2.45, 2.75) is 33.2 Å². The maximum absolute atomic E-state index is 12.4. The smallest absolute Gasteiger partial charge is 0.251 e. The Kier molecular flexibility index (Phi) is 5.00. The first kappa shape index (κ1) is 16.0. The summed E-state index contributed by atoms with van der Waals surface area (Å²) in [6.45, 7) is 8.23. The summed E-state index contributed by atoms with van der Waals surface area (Å²) in [5.74, 6) is 0.611. The number of thiophene rings is 1. The molecule has 0 bridgehead atoms. The maximum atomic E-state index is 12.4. The molecule has 0 radical (unpaired) electrons. The third-order valence-electron chi connectivity index (χ3n) is 3.99. The molecular weight excluding hydrogens is 286 g/mol. The Hall–Kier alpha value is -1.40. The van der Waals surface area contributed by atoms with Crippen LogP contribution in [0.5, 0.6) is 0 Å². The van der Waals surface area contributed by atoms with Gasteiger partial charge in [-0.3, -0.25) is 14.5 Å². The highest BCUT2D eigenvalue weighted by atomic mass is 32.1. The van der Waals surface area contributed by atoms with Gasteiger partial charge in [0.15, 0.2) is 0 Å². The summed E-state index contributed by atoms with van der Waals surface area (Å²) in [7, 11) is 0. The average molecular weight is 309 g/mol. The fourth-order valence-corrected chi connectivity index (χ4v) is 3.80. The summed E-state index contributed by atoms with van der Waals surface area (Å²) in [4.78, 5) is 25.9. The number of nitrogens with zero attached hydrogens (tertiary/aromatic N) is 1. The molecule has 1 aromatic heterocycles. The number of rotatable bonds is 4. The summed E-state index contributed by atoms with van der Waals surface area (Å²) < 4.78 is 0. The first-order valence-corrected chi connectivity index (χ1v) is 8.18. The number of anilines is 1. The SMILES string of the molecule is C[C@@H]1C[C@@H](C)CN([C@@H](C)C(=O)Nc2sccc2C(N)=O)C1. The van der Waals surface area contributed by atoms with Crippen molar-refractivity contribution in [3.05, 3.63) is 17.0 Å². The highest BCUT2D eigenvalue weighted by molar-refractivity contribution is 7.14. The third-order valence-corrected chi connectivity index (χ3v) is 4.82. The number of piperidine rings is 1. The number of carbonyl (C=O) groups excluding carboxylic acids is 2. The zero-order chi connectivity index (χ0) is 15.6. The number of nitrogens with two attached hydrogens (primary N) is 1. The van der Waals surface area contributed by atoms with E-state index in [2.05, 4.69) is 24.1 Å². The van der Waals surface area contributed by atoms with E-state index in [9.17, 15) is 9.59 Å². The molecular formula is C15H23N3O2S. The molecule has 2 heterocycles. The Morgan fingerprint density at radius 2 is 2.00 bits per heavy atom. The molecule has 3 N–H and O–H groups in total. The Morgan fingerprint density at radius 1 is 1.38 bits per heavy atom. The van der Waals surface area contributed by atoms with Gasteiger partial charge in [-0.25, -0.2) is 0 Å². The second-order valence-corrected chi connectivity index (χ2v) is 7.01. The van der Waals surface area contributed by atoms with Crippen molar-refractivity contribution in [1.29, 1.82) is 0 Å². The van der Waals surface area contributed by atoms with Gasteiger partial charge in [0.05, 0.1) is 11.6 Å². The summed E-state index contributed by atoms with van der Waals surface area (Å²) in [5, 5.41) is 5.13. The van der Waals surface area contributed by atoms with Crippen LogP contribution in [0.1, 0.15) is 37.6 Å². The van der Waals surface area contributed by atoms with Gasteiger partial charge in [0.25, 0.3) is 5.91 Å². The fraction of sp³-hybridized carbons (Fsp3) is 0.600. The molecule has 6 heteroatoms. The van der Waals surface area contributed by atoms with Crippen LogP contribution in [0, 0.1) is 11.8 Å². The van der Waals surface area contributed by atoms with Crippen LogP contribution in [0.3, 0.4) is 0 Å². The molecule has 3 atom stereocenters. The molecule has 1 fully saturated rings. The van der Waals surface area contributed by atoms with Gasteiger partial charge in [0.2, 0.25) is 5.91 Å². The van der Waals surface area contributed by atoms with Gasteiger partial charge in [0, 0.05) is 13.1 Å². The molecule has 0 unspecified atom stereocenters. The number of hydrogen-bond acceptors (Lipinski definition) is 4. The lowest BCUT2D eigenvalue weighted by atomic mass is 9.91. The normalized spacial score (nSPS) is 24.5. The number of likely N-dealkylation sites (tertiary alicyclic amines) is 1. The van der Waals surface area contributed by atoms with Crippen LogP contribution in [-0.2, 0) is 4.79 Å². The molecule has 116 valence electrons. The Labute approximate surface area is 129 Å². The molecule has 0 spiro atoms. The van der Waals surface area contributed by atoms with Crippen molar-refractivity contribution in [2.75, 3.05) is 18.4 Å². The van der Waals surface area contributed by atoms with Crippen molar-refractivity contribution in [3.63, 3.8) is 0 Å². The van der Waals surface area contributed by atoms with E-state index in [-0.39, 0.29) is 11.9 Å². The summed E-state index contributed by atoms with van der Waals surface area (Å²) in [6.07, 6.45) is 1.21. The van der Waals surface area contributed by atoms with Gasteiger partial charge in [-0.2, -0.15) is 0 Å². The van der Waals surface area contributed by atoms with Crippen LogP contribution in [0.4, 0.5) is 5.00 Å². The standard InChI is InChI=1S/C15H23N3O2S/c1-9-6-10(2)8-18(7-9)11(3)14(20)17-15-12(13(16)19)4-5-21-15/h4-5,9-11H,6-8H2,1-3H3,(H2,16,19)(H,17,20)/t9-,10-,11+/m1/s1. The summed E-state index contributed by atoms with van der Waals surface area (Å²) >= 11 is 1.32. The number of primary amides is 1. The number of nitrogens with one attached hydrogen (secondary N) is 1. The van der Waals surface area contributed by atoms with E-state index >= 15 is 0 Å². The fourth-order valence-electron chi connectivity index (χ4n) is 3.01. The zero-order valence-corrected chi connectivity index (χ0v) is 13.6. The first-order valence-electron chi connectivity index (χ1n) is 7.30. The summed E-state index contributed by atoms with van der Waals surface area (Å²) in [5.41, 5.74) is 5.67. The molecule has 0 aromatic carbocycles. The average Bonchev–Trinajstić information content (AvgIpc) is 2.84. The van der Waals surface area contributed by atoms with E-state index in [1.54, 1.807) is 11.4 Å². The third kappa shape index (κ3) is 3.83. The zero-order valence-electron chi connectivity index (χ0n) is 12.8. The van der Waals surface area contributed by atoms with E-state index in [1.807, 2.05) is 6.92 Å². The minimum atomic E-state index is -0.514. The Balaban J connectivity index is 2.02. The quantitative estimate of drug-likeness (QED) is 0.895. The monoisotopic (exact) mass is 309 g/mol. The summed E-state index contributed by atoms with van der Waals surface area (Å²) in [6, 6.07) is 1.43. The van der Waals surface area contributed by atoms with Gasteiger partial charge in [-0.1, -0.05) is 13.8 Å². The van der Waals surface area contributed by atoms with E-state index in [4.69, 9.17) is 5.73 Å². The molecule has 0 aliphatic carbocycles. The topological polar surface area (TPSA) is 75.4 Å². The predicted molar refractivity (Wildman–Crippen MR) is 85.4 cm³/mol. The van der Waals surface area contributed by atoms with Crippen LogP contribution in [0.25, 0.3) is 0 Å². The van der Waals surface area contributed by atoms with E-state index in [0.29, 0.717) is 22.4 Å². The van der Waals surface area contributed by atoms with E-state index in [0.717, 1.165) is 13.1 Å². The van der Waals surface area contributed by atoms with Gasteiger partial charge in [0.1, 0.15) is 5.00 Å². The van der Waals surface area contributed by atoms with Crippen molar-refractivity contribution in [3.8, 4) is 0 Å². The molecule has 2 amide bonds. The van der Waals surface area contributed by atoms with Crippen molar-refractivity contribution >= 4 is 28.2 Å². The molecule has 5 nitrogen and oxygen atoms in total. The largest absolute Gasteiger partial charge is 0.366 e. The van der Waals surface area contributed by atoms with Gasteiger partial charge in [-0.05, 0) is 36.6 Å². The van der Waals surface area contributed by atoms with Crippen LogP contribution in [0.15, 0.2) is 11.4 Å². The minimum absolute atomic E-state index is 0.0822. The van der Waals surface area contributed by atoms with Crippen LogP contribution in [-0.4, -0.2) is 35.8 Å². The van der Waals surface area contributed by atoms with E-state index < -0.39 is 5.91 Å². The number of carbonyl (C=O) groups is 2. The minimum Gasteiger partial charge on any atom is -0.366 e. The van der Waals surface area contributed by atoms with Gasteiger partial charge < -0.3 is 11.1 Å². The molecule has 1 aromatic rings. The second-order valence-electron chi connectivity index (χ2n) is 6.09. The van der Waals surface area contributed by atoms with Crippen LogP contribution < -0.4 is 11.1 Å². The molecule has 21 heavy (non-hydrogen) atoms. The highest BCUT2D eigenvalue weighted by Gasteiger charge is 2.29. The molecule has 2 rings (SSSR count). The lowest BCUT2D eigenvalue weighted by molar-refractivity contribution is -0.121. The highest BCUT2D eigenvalue weighted by Crippen LogP contribution is 2.25.